The highest BCUT2D eigenvalue weighted by Crippen LogP contribution is 2.24. The number of morpholine rings is 1. The summed E-state index contributed by atoms with van der Waals surface area (Å²) in [6.07, 6.45) is 4.63. The summed E-state index contributed by atoms with van der Waals surface area (Å²) in [5, 5.41) is 9.79. The number of ether oxygens (including phenoxy) is 1. The number of anilines is 1. The van der Waals surface area contributed by atoms with E-state index in [1.807, 2.05) is 18.2 Å². The maximum atomic E-state index is 11.0. The van der Waals surface area contributed by atoms with Crippen molar-refractivity contribution < 1.29 is 14.6 Å². The van der Waals surface area contributed by atoms with Gasteiger partial charge in [0.1, 0.15) is 5.75 Å². The Hall–Kier alpha value is -2.59. The molecule has 4 nitrogen and oxygen atoms in total. The van der Waals surface area contributed by atoms with Crippen LogP contribution < -0.4 is 4.90 Å². The molecule has 0 aromatic heterocycles. The predicted octanol–water partition coefficient (Wildman–Crippen LogP) is 3.52. The lowest BCUT2D eigenvalue weighted by Crippen LogP contribution is -2.36. The molecule has 1 fully saturated rings. The van der Waals surface area contributed by atoms with Gasteiger partial charge >= 0.3 is 0 Å². The third-order valence-corrected chi connectivity index (χ3v) is 4.22. The van der Waals surface area contributed by atoms with E-state index < -0.39 is 0 Å². The van der Waals surface area contributed by atoms with Crippen LogP contribution in [0.4, 0.5) is 5.69 Å². The van der Waals surface area contributed by atoms with Crippen molar-refractivity contribution in [2.75, 3.05) is 31.2 Å². The minimum atomic E-state index is 0.0528. The fourth-order valence-electron chi connectivity index (χ4n) is 2.83. The molecule has 1 N–H and O–H groups in total. The Morgan fingerprint density at radius 1 is 1.04 bits per heavy atom. The lowest BCUT2D eigenvalue weighted by molar-refractivity contribution is 0.112. The van der Waals surface area contributed by atoms with E-state index in [2.05, 4.69) is 29.2 Å². The molecule has 1 heterocycles. The van der Waals surface area contributed by atoms with Gasteiger partial charge in [0.15, 0.2) is 6.29 Å². The Balaban J connectivity index is 1.75. The lowest BCUT2D eigenvalue weighted by Gasteiger charge is -2.28. The van der Waals surface area contributed by atoms with Crippen molar-refractivity contribution in [1.29, 1.82) is 0 Å². The molecule has 0 bridgehead atoms. The molecule has 2 aromatic carbocycles. The summed E-state index contributed by atoms with van der Waals surface area (Å²) in [7, 11) is 0. The van der Waals surface area contributed by atoms with Crippen molar-refractivity contribution in [2.24, 2.45) is 0 Å². The van der Waals surface area contributed by atoms with E-state index in [0.717, 1.165) is 37.4 Å². The van der Waals surface area contributed by atoms with Crippen LogP contribution in [0.15, 0.2) is 36.4 Å². The molecule has 0 spiro atoms. The number of phenols is 1. The molecule has 0 atom stereocenters. The SMILES string of the molecule is Cc1cc(/C=C/c2ccc(N3CCOCC3)cc2)cc(C=O)c1O. The van der Waals surface area contributed by atoms with Crippen LogP contribution in [0.3, 0.4) is 0 Å². The standard InChI is InChI=1S/C20H21NO3/c1-15-12-17(13-18(14-22)20(15)23)3-2-16-4-6-19(7-5-16)21-8-10-24-11-9-21/h2-7,12-14,23H,8-11H2,1H3/b3-2+. The third kappa shape index (κ3) is 3.66. The van der Waals surface area contributed by atoms with E-state index in [-0.39, 0.29) is 5.75 Å². The number of aldehydes is 1. The van der Waals surface area contributed by atoms with Crippen LogP contribution in [0.1, 0.15) is 27.0 Å². The average Bonchev–Trinajstić information content (AvgIpc) is 2.63. The number of aromatic hydroxyl groups is 1. The largest absolute Gasteiger partial charge is 0.507 e. The van der Waals surface area contributed by atoms with Gasteiger partial charge in [-0.05, 0) is 47.9 Å². The maximum absolute atomic E-state index is 11.0. The monoisotopic (exact) mass is 323 g/mol. The number of rotatable bonds is 4. The van der Waals surface area contributed by atoms with Crippen LogP contribution in [-0.4, -0.2) is 37.7 Å². The summed E-state index contributed by atoms with van der Waals surface area (Å²) >= 11 is 0. The van der Waals surface area contributed by atoms with Gasteiger partial charge < -0.3 is 14.7 Å². The molecule has 0 radical (unpaired) electrons. The first kappa shape index (κ1) is 16.3. The van der Waals surface area contributed by atoms with Gasteiger partial charge in [-0.25, -0.2) is 0 Å². The molecule has 0 amide bonds. The Bertz CT molecular complexity index is 744. The summed E-state index contributed by atoms with van der Waals surface area (Å²) < 4.78 is 5.37. The molecule has 3 rings (SSSR count). The highest BCUT2D eigenvalue weighted by molar-refractivity contribution is 5.83. The second-order valence-corrected chi connectivity index (χ2v) is 5.92. The number of aryl methyl sites for hydroxylation is 1. The van der Waals surface area contributed by atoms with Crippen LogP contribution in [0.25, 0.3) is 12.2 Å². The smallest absolute Gasteiger partial charge is 0.153 e. The number of carbonyl (C=O) groups excluding carboxylic acids is 1. The molecule has 2 aromatic rings. The normalized spacial score (nSPS) is 15.0. The number of phenolic OH excluding ortho intramolecular Hbond substituents is 1. The molecule has 0 unspecified atom stereocenters. The molecule has 1 saturated heterocycles. The van der Waals surface area contributed by atoms with Gasteiger partial charge in [0, 0.05) is 18.8 Å². The maximum Gasteiger partial charge on any atom is 0.153 e. The summed E-state index contributed by atoms with van der Waals surface area (Å²) in [5.74, 6) is 0.0528. The number of hydrogen-bond donors (Lipinski definition) is 1. The van der Waals surface area contributed by atoms with Crippen molar-refractivity contribution in [3.05, 3.63) is 58.7 Å². The molecular formula is C20H21NO3. The number of benzene rings is 2. The van der Waals surface area contributed by atoms with Gasteiger partial charge in [-0.2, -0.15) is 0 Å². The fraction of sp³-hybridized carbons (Fsp3) is 0.250. The molecule has 0 saturated carbocycles. The van der Waals surface area contributed by atoms with E-state index >= 15 is 0 Å². The summed E-state index contributed by atoms with van der Waals surface area (Å²) in [5.41, 5.74) is 4.20. The average molecular weight is 323 g/mol. The van der Waals surface area contributed by atoms with Crippen molar-refractivity contribution in [2.45, 2.75) is 6.92 Å². The number of nitrogens with zero attached hydrogens (tertiary/aromatic N) is 1. The molecule has 4 heteroatoms. The quantitative estimate of drug-likeness (QED) is 0.691. The van der Waals surface area contributed by atoms with Gasteiger partial charge in [-0.1, -0.05) is 24.3 Å². The highest BCUT2D eigenvalue weighted by Gasteiger charge is 2.10. The summed E-state index contributed by atoms with van der Waals surface area (Å²) in [6.45, 7) is 5.20. The van der Waals surface area contributed by atoms with Crippen LogP contribution in [0, 0.1) is 6.92 Å². The zero-order valence-electron chi connectivity index (χ0n) is 13.7. The minimum absolute atomic E-state index is 0.0528. The first-order valence-electron chi connectivity index (χ1n) is 8.07. The summed E-state index contributed by atoms with van der Waals surface area (Å²) in [4.78, 5) is 13.3. The summed E-state index contributed by atoms with van der Waals surface area (Å²) in [6, 6.07) is 11.9. The molecule has 0 aliphatic carbocycles. The van der Waals surface area contributed by atoms with Crippen LogP contribution in [0.5, 0.6) is 5.75 Å². The van der Waals surface area contributed by atoms with Crippen LogP contribution in [-0.2, 0) is 4.74 Å². The van der Waals surface area contributed by atoms with E-state index in [4.69, 9.17) is 4.74 Å². The number of carbonyl (C=O) groups is 1. The fourth-order valence-corrected chi connectivity index (χ4v) is 2.83. The number of hydrogen-bond acceptors (Lipinski definition) is 4. The molecule has 24 heavy (non-hydrogen) atoms. The van der Waals surface area contributed by atoms with Crippen molar-refractivity contribution in [3.8, 4) is 5.75 Å². The molecule has 1 aliphatic heterocycles. The molecular weight excluding hydrogens is 302 g/mol. The Kier molecular flexibility index (Phi) is 4.96. The van der Waals surface area contributed by atoms with Gasteiger partial charge in [-0.3, -0.25) is 4.79 Å². The zero-order chi connectivity index (χ0) is 16.9. The Labute approximate surface area is 142 Å². The van der Waals surface area contributed by atoms with E-state index in [9.17, 15) is 9.90 Å². The predicted molar refractivity (Wildman–Crippen MR) is 96.6 cm³/mol. The van der Waals surface area contributed by atoms with Crippen molar-refractivity contribution in [3.63, 3.8) is 0 Å². The first-order valence-corrected chi connectivity index (χ1v) is 8.07. The van der Waals surface area contributed by atoms with Crippen LogP contribution >= 0.6 is 0 Å². The Morgan fingerprint density at radius 3 is 2.38 bits per heavy atom. The zero-order valence-corrected chi connectivity index (χ0v) is 13.7. The third-order valence-electron chi connectivity index (χ3n) is 4.22. The van der Waals surface area contributed by atoms with Crippen LogP contribution in [0.2, 0.25) is 0 Å². The second-order valence-electron chi connectivity index (χ2n) is 5.92. The minimum Gasteiger partial charge on any atom is -0.507 e. The van der Waals surface area contributed by atoms with E-state index in [1.165, 1.54) is 5.69 Å². The van der Waals surface area contributed by atoms with Crippen molar-refractivity contribution in [1.82, 2.24) is 0 Å². The highest BCUT2D eigenvalue weighted by atomic mass is 16.5. The Morgan fingerprint density at radius 2 is 1.71 bits per heavy atom. The van der Waals surface area contributed by atoms with E-state index in [0.29, 0.717) is 17.4 Å². The van der Waals surface area contributed by atoms with Gasteiger partial charge in [0.2, 0.25) is 0 Å². The van der Waals surface area contributed by atoms with E-state index in [1.54, 1.807) is 13.0 Å². The van der Waals surface area contributed by atoms with Gasteiger partial charge in [0.05, 0.1) is 18.8 Å². The topological polar surface area (TPSA) is 49.8 Å². The van der Waals surface area contributed by atoms with Gasteiger partial charge in [0.25, 0.3) is 0 Å². The van der Waals surface area contributed by atoms with Crippen molar-refractivity contribution >= 4 is 24.1 Å². The lowest BCUT2D eigenvalue weighted by atomic mass is 10.0. The van der Waals surface area contributed by atoms with Gasteiger partial charge in [-0.15, -0.1) is 0 Å². The second kappa shape index (κ2) is 7.32. The first-order chi connectivity index (χ1) is 11.7. The molecule has 124 valence electrons. The molecule has 1 aliphatic rings.